The van der Waals surface area contributed by atoms with Gasteiger partial charge in [0.25, 0.3) is 0 Å². The summed E-state index contributed by atoms with van der Waals surface area (Å²) >= 11 is 0. The molecule has 4 nitrogen and oxygen atoms in total. The smallest absolute Gasteiger partial charge is 0.311 e. The summed E-state index contributed by atoms with van der Waals surface area (Å²) in [4.78, 5) is 10.7. The lowest BCUT2D eigenvalue weighted by Gasteiger charge is -1.99. The van der Waals surface area contributed by atoms with Gasteiger partial charge in [0, 0.05) is 11.9 Å². The first kappa shape index (κ1) is 9.68. The molecule has 0 fully saturated rings. The molecule has 0 aromatic heterocycles. The largest absolute Gasteiger partial charge is 0.466 e. The van der Waals surface area contributed by atoms with Crippen LogP contribution in [0.15, 0.2) is 11.8 Å². The zero-order valence-corrected chi connectivity index (χ0v) is 6.46. The third-order valence-electron chi connectivity index (χ3n) is 0.951. The van der Waals surface area contributed by atoms with E-state index in [4.69, 9.17) is 11.1 Å². The average molecular weight is 156 g/mol. The minimum Gasteiger partial charge on any atom is -0.466 e. The number of hydrogen-bond donors (Lipinski definition) is 2. The quantitative estimate of drug-likeness (QED) is 0.457. The molecule has 0 spiro atoms. The van der Waals surface area contributed by atoms with Gasteiger partial charge in [-0.15, -0.1) is 0 Å². The predicted octanol–water partition coefficient (Wildman–Crippen LogP) is 0.432. The summed E-state index contributed by atoms with van der Waals surface area (Å²) in [6, 6.07) is 0. The molecule has 0 saturated heterocycles. The fraction of sp³-hybridized carbons (Fsp3) is 0.429. The molecule has 3 N–H and O–H groups in total. The number of carbonyl (C=O) groups excluding carboxylic acids is 1. The molecule has 0 amide bonds. The Hall–Kier alpha value is -1.32. The normalized spacial score (nSPS) is 10.8. The maximum absolute atomic E-state index is 10.7. The summed E-state index contributed by atoms with van der Waals surface area (Å²) in [5, 5.41) is 6.65. The second-order valence-corrected chi connectivity index (χ2v) is 1.89. The molecule has 11 heavy (non-hydrogen) atoms. The van der Waals surface area contributed by atoms with Gasteiger partial charge in [-0.2, -0.15) is 0 Å². The first-order chi connectivity index (χ1) is 5.20. The average Bonchev–Trinajstić information content (AvgIpc) is 1.87. The Bertz CT molecular complexity index is 175. The summed E-state index contributed by atoms with van der Waals surface area (Å²) in [7, 11) is 0. The molecule has 0 saturated carbocycles. The first-order valence-corrected chi connectivity index (χ1v) is 3.31. The van der Waals surface area contributed by atoms with E-state index in [1.165, 1.54) is 6.08 Å². The van der Waals surface area contributed by atoms with Gasteiger partial charge in [-0.05, 0) is 13.0 Å². The topological polar surface area (TPSA) is 76.2 Å². The SMILES string of the molecule is CCOC(=O)C/C(N)=C/C=N. The standard InChI is InChI=1S/C7H12N2O2/c1-2-11-7(10)5-6(9)3-4-8/h3-4,8H,2,5,9H2,1H3/b6-3-,8-4?. The lowest BCUT2D eigenvalue weighted by atomic mass is 10.3. The van der Waals surface area contributed by atoms with Crippen molar-refractivity contribution >= 4 is 12.2 Å². The molecule has 0 aromatic rings. The van der Waals surface area contributed by atoms with E-state index >= 15 is 0 Å². The lowest BCUT2D eigenvalue weighted by molar-refractivity contribution is -0.142. The number of nitrogens with one attached hydrogen (secondary N) is 1. The molecule has 0 radical (unpaired) electrons. The van der Waals surface area contributed by atoms with Crippen molar-refractivity contribution in [3.8, 4) is 0 Å². The van der Waals surface area contributed by atoms with E-state index in [-0.39, 0.29) is 12.4 Å². The van der Waals surface area contributed by atoms with Crippen LogP contribution >= 0.6 is 0 Å². The van der Waals surface area contributed by atoms with E-state index in [2.05, 4.69) is 4.74 Å². The van der Waals surface area contributed by atoms with Gasteiger partial charge in [-0.1, -0.05) is 0 Å². The van der Waals surface area contributed by atoms with E-state index < -0.39 is 0 Å². The lowest BCUT2D eigenvalue weighted by Crippen LogP contribution is -2.09. The zero-order valence-electron chi connectivity index (χ0n) is 6.46. The zero-order chi connectivity index (χ0) is 8.69. The number of esters is 1. The van der Waals surface area contributed by atoms with E-state index in [0.717, 1.165) is 6.21 Å². The van der Waals surface area contributed by atoms with E-state index in [1.54, 1.807) is 6.92 Å². The van der Waals surface area contributed by atoms with Crippen molar-refractivity contribution in [1.82, 2.24) is 0 Å². The van der Waals surface area contributed by atoms with Gasteiger partial charge in [0.2, 0.25) is 0 Å². The summed E-state index contributed by atoms with van der Waals surface area (Å²) in [6.45, 7) is 2.09. The van der Waals surface area contributed by atoms with Crippen LogP contribution in [-0.4, -0.2) is 18.8 Å². The van der Waals surface area contributed by atoms with Crippen molar-refractivity contribution < 1.29 is 9.53 Å². The van der Waals surface area contributed by atoms with Gasteiger partial charge in [0.1, 0.15) is 0 Å². The van der Waals surface area contributed by atoms with E-state index in [1.807, 2.05) is 0 Å². The van der Waals surface area contributed by atoms with Crippen molar-refractivity contribution in [3.05, 3.63) is 11.8 Å². The van der Waals surface area contributed by atoms with Gasteiger partial charge < -0.3 is 15.9 Å². The Morgan fingerprint density at radius 1 is 1.73 bits per heavy atom. The maximum Gasteiger partial charge on any atom is 0.311 e. The van der Waals surface area contributed by atoms with E-state index in [9.17, 15) is 4.79 Å². The van der Waals surface area contributed by atoms with Gasteiger partial charge >= 0.3 is 5.97 Å². The van der Waals surface area contributed by atoms with Crippen LogP contribution in [-0.2, 0) is 9.53 Å². The second-order valence-electron chi connectivity index (χ2n) is 1.89. The highest BCUT2D eigenvalue weighted by molar-refractivity contribution is 5.75. The molecule has 4 heteroatoms. The molecule has 0 atom stereocenters. The van der Waals surface area contributed by atoms with Crippen LogP contribution in [0, 0.1) is 5.41 Å². The summed E-state index contributed by atoms with van der Waals surface area (Å²) in [5.41, 5.74) is 5.67. The number of rotatable bonds is 4. The highest BCUT2D eigenvalue weighted by Crippen LogP contribution is 1.93. The summed E-state index contributed by atoms with van der Waals surface area (Å²) in [5.74, 6) is -0.358. The summed E-state index contributed by atoms with van der Waals surface area (Å²) < 4.78 is 4.62. The number of allylic oxidation sites excluding steroid dienone is 1. The third-order valence-corrected chi connectivity index (χ3v) is 0.951. The van der Waals surface area contributed by atoms with Gasteiger partial charge in [0.05, 0.1) is 13.0 Å². The van der Waals surface area contributed by atoms with Crippen LogP contribution in [0.2, 0.25) is 0 Å². The van der Waals surface area contributed by atoms with Crippen molar-refractivity contribution in [2.75, 3.05) is 6.61 Å². The molecule has 0 bridgehead atoms. The Kier molecular flexibility index (Phi) is 4.81. The molecule has 0 aliphatic heterocycles. The Labute approximate surface area is 65.5 Å². The molecule has 0 aliphatic carbocycles. The monoisotopic (exact) mass is 156 g/mol. The number of nitrogens with two attached hydrogens (primary N) is 1. The molecular formula is C7H12N2O2. The molecule has 62 valence electrons. The van der Waals surface area contributed by atoms with Crippen LogP contribution in [0.3, 0.4) is 0 Å². The predicted molar refractivity (Wildman–Crippen MR) is 42.3 cm³/mol. The van der Waals surface area contributed by atoms with Crippen LogP contribution in [0.25, 0.3) is 0 Å². The second kappa shape index (κ2) is 5.46. The molecule has 0 rings (SSSR count). The van der Waals surface area contributed by atoms with Crippen LogP contribution in [0.5, 0.6) is 0 Å². The van der Waals surface area contributed by atoms with Crippen LogP contribution in [0.1, 0.15) is 13.3 Å². The van der Waals surface area contributed by atoms with Gasteiger partial charge in [-0.25, -0.2) is 0 Å². The number of ether oxygens (including phenoxy) is 1. The summed E-state index contributed by atoms with van der Waals surface area (Å²) in [6.07, 6.45) is 2.45. The Balaban J connectivity index is 3.74. The molecule has 0 aliphatic rings. The molecule has 0 heterocycles. The molecule has 0 unspecified atom stereocenters. The minimum absolute atomic E-state index is 0.0587. The minimum atomic E-state index is -0.358. The van der Waals surface area contributed by atoms with Crippen LogP contribution < -0.4 is 5.73 Å². The van der Waals surface area contributed by atoms with Crippen molar-refractivity contribution in [2.24, 2.45) is 5.73 Å². The Morgan fingerprint density at radius 2 is 2.36 bits per heavy atom. The van der Waals surface area contributed by atoms with Crippen LogP contribution in [0.4, 0.5) is 0 Å². The first-order valence-electron chi connectivity index (χ1n) is 3.31. The Morgan fingerprint density at radius 3 is 2.82 bits per heavy atom. The van der Waals surface area contributed by atoms with Gasteiger partial charge in [0.15, 0.2) is 0 Å². The van der Waals surface area contributed by atoms with E-state index in [0.29, 0.717) is 12.3 Å². The fourth-order valence-corrected chi connectivity index (χ4v) is 0.545. The van der Waals surface area contributed by atoms with Gasteiger partial charge in [-0.3, -0.25) is 4.79 Å². The number of carbonyl (C=O) groups is 1. The molecular weight excluding hydrogens is 144 g/mol. The fourth-order valence-electron chi connectivity index (χ4n) is 0.545. The van der Waals surface area contributed by atoms with Crippen molar-refractivity contribution in [2.45, 2.75) is 13.3 Å². The van der Waals surface area contributed by atoms with Crippen molar-refractivity contribution in [3.63, 3.8) is 0 Å². The highest BCUT2D eigenvalue weighted by atomic mass is 16.5. The third kappa shape index (κ3) is 5.14. The highest BCUT2D eigenvalue weighted by Gasteiger charge is 2.01. The van der Waals surface area contributed by atoms with Crippen molar-refractivity contribution in [1.29, 1.82) is 5.41 Å². The maximum atomic E-state index is 10.7. The number of hydrogen-bond acceptors (Lipinski definition) is 4. The molecule has 0 aromatic carbocycles.